The molecule has 96 valence electrons. The summed E-state index contributed by atoms with van der Waals surface area (Å²) in [6.07, 6.45) is 3.22. The number of H-pyrrole nitrogens is 1. The van der Waals surface area contributed by atoms with Crippen molar-refractivity contribution in [2.24, 2.45) is 0 Å². The minimum absolute atomic E-state index is 0.00819. The third kappa shape index (κ3) is 2.72. The quantitative estimate of drug-likeness (QED) is 0.680. The number of benzene rings is 1. The molecule has 1 aromatic heterocycles. The van der Waals surface area contributed by atoms with Crippen LogP contribution >= 0.6 is 28.1 Å². The molecule has 1 N–H and O–H groups in total. The Morgan fingerprint density at radius 1 is 1.39 bits per heavy atom. The van der Waals surface area contributed by atoms with Crippen LogP contribution in [0.15, 0.2) is 27.5 Å². The van der Waals surface area contributed by atoms with Crippen molar-refractivity contribution < 1.29 is 0 Å². The molecule has 0 fully saturated rings. The Kier molecular flexibility index (Phi) is 4.35. The van der Waals surface area contributed by atoms with Crippen molar-refractivity contribution in [1.29, 1.82) is 0 Å². The van der Waals surface area contributed by atoms with Gasteiger partial charge in [0.05, 0.1) is 10.9 Å². The maximum atomic E-state index is 12.4. The van der Waals surface area contributed by atoms with Gasteiger partial charge in [0.25, 0.3) is 5.56 Å². The van der Waals surface area contributed by atoms with E-state index in [-0.39, 0.29) is 5.56 Å². The molecule has 2 aromatic rings. The molecule has 1 aromatic carbocycles. The minimum atomic E-state index is -0.00819. The van der Waals surface area contributed by atoms with E-state index < -0.39 is 0 Å². The molecule has 0 saturated carbocycles. The van der Waals surface area contributed by atoms with Crippen molar-refractivity contribution in [1.82, 2.24) is 9.55 Å². The van der Waals surface area contributed by atoms with E-state index in [0.29, 0.717) is 16.7 Å². The van der Waals surface area contributed by atoms with Crippen molar-refractivity contribution in [3.63, 3.8) is 0 Å². The van der Waals surface area contributed by atoms with Crippen LogP contribution in [-0.4, -0.2) is 9.55 Å². The zero-order chi connectivity index (χ0) is 13.1. The maximum absolute atomic E-state index is 12.4. The van der Waals surface area contributed by atoms with Gasteiger partial charge in [-0.25, -0.2) is 0 Å². The summed E-state index contributed by atoms with van der Waals surface area (Å²) in [5.74, 6) is 0. The lowest BCUT2D eigenvalue weighted by atomic mass is 10.2. The first-order valence-corrected chi connectivity index (χ1v) is 7.26. The monoisotopic (exact) mass is 326 g/mol. The van der Waals surface area contributed by atoms with Crippen LogP contribution in [0.4, 0.5) is 0 Å². The third-order valence-electron chi connectivity index (χ3n) is 2.93. The molecule has 18 heavy (non-hydrogen) atoms. The fraction of sp³-hybridized carbons (Fsp3) is 0.385. The van der Waals surface area contributed by atoms with Gasteiger partial charge in [-0.1, -0.05) is 35.7 Å². The number of nitrogens with zero attached hydrogens (tertiary/aromatic N) is 1. The molecule has 1 heterocycles. The van der Waals surface area contributed by atoms with Crippen LogP contribution < -0.4 is 5.56 Å². The van der Waals surface area contributed by atoms with Gasteiger partial charge in [-0.3, -0.25) is 9.36 Å². The van der Waals surface area contributed by atoms with Crippen LogP contribution in [0.5, 0.6) is 0 Å². The topological polar surface area (TPSA) is 37.8 Å². The van der Waals surface area contributed by atoms with Crippen LogP contribution in [0.2, 0.25) is 0 Å². The number of rotatable bonds is 4. The number of aromatic nitrogens is 2. The molecule has 2 rings (SSSR count). The Labute approximate surface area is 119 Å². The molecule has 0 bridgehead atoms. The summed E-state index contributed by atoms with van der Waals surface area (Å²) in [6, 6.07) is 5.60. The van der Waals surface area contributed by atoms with E-state index in [1.165, 1.54) is 0 Å². The Balaban J connectivity index is 2.53. The van der Waals surface area contributed by atoms with Crippen LogP contribution in [0.1, 0.15) is 26.2 Å². The highest BCUT2D eigenvalue weighted by Gasteiger charge is 2.05. The Hall–Kier alpha value is -0.940. The molecular weight excluding hydrogens is 312 g/mol. The van der Waals surface area contributed by atoms with Crippen LogP contribution in [-0.2, 0) is 6.54 Å². The predicted molar refractivity (Wildman–Crippen MR) is 80.6 cm³/mol. The summed E-state index contributed by atoms with van der Waals surface area (Å²) < 4.78 is 3.06. The summed E-state index contributed by atoms with van der Waals surface area (Å²) in [5, 5.41) is 0.675. The largest absolute Gasteiger partial charge is 0.332 e. The molecule has 0 saturated heterocycles. The van der Waals surface area contributed by atoms with Crippen molar-refractivity contribution in [3.05, 3.63) is 37.8 Å². The highest BCUT2D eigenvalue weighted by Crippen LogP contribution is 2.15. The minimum Gasteiger partial charge on any atom is -0.332 e. The van der Waals surface area contributed by atoms with Crippen LogP contribution in [0.25, 0.3) is 10.9 Å². The van der Waals surface area contributed by atoms with Gasteiger partial charge < -0.3 is 4.98 Å². The smallest absolute Gasteiger partial charge is 0.262 e. The second kappa shape index (κ2) is 5.80. The van der Waals surface area contributed by atoms with Crippen molar-refractivity contribution in [2.75, 3.05) is 0 Å². The second-order valence-electron chi connectivity index (χ2n) is 4.28. The molecule has 0 radical (unpaired) electrons. The first kappa shape index (κ1) is 13.5. The van der Waals surface area contributed by atoms with Gasteiger partial charge in [-0.2, -0.15) is 0 Å². The average molecular weight is 327 g/mol. The molecular formula is C13H15BrN2OS. The molecule has 0 unspecified atom stereocenters. The Morgan fingerprint density at radius 2 is 2.17 bits per heavy atom. The lowest BCUT2D eigenvalue weighted by molar-refractivity contribution is 0.578. The molecule has 0 aliphatic rings. The highest BCUT2D eigenvalue weighted by atomic mass is 79.9. The maximum Gasteiger partial charge on any atom is 0.262 e. The SMILES string of the molecule is CCCCCn1c(=S)[nH]c2ccc(Br)cc2c1=O. The summed E-state index contributed by atoms with van der Waals surface area (Å²) >= 11 is 8.63. The van der Waals surface area contributed by atoms with E-state index in [9.17, 15) is 4.79 Å². The Bertz CT molecular complexity index is 675. The number of hydrogen-bond acceptors (Lipinski definition) is 2. The first-order chi connectivity index (χ1) is 8.63. The van der Waals surface area contributed by atoms with Crippen LogP contribution in [0, 0.1) is 4.77 Å². The number of aromatic amines is 1. The molecule has 0 atom stereocenters. The normalized spacial score (nSPS) is 11.0. The third-order valence-corrected chi connectivity index (χ3v) is 3.74. The number of halogens is 1. The fourth-order valence-corrected chi connectivity index (χ4v) is 2.59. The van der Waals surface area contributed by atoms with Gasteiger partial charge in [-0.15, -0.1) is 0 Å². The number of fused-ring (bicyclic) bond motifs is 1. The average Bonchev–Trinajstić information content (AvgIpc) is 2.35. The first-order valence-electron chi connectivity index (χ1n) is 6.06. The van der Waals surface area contributed by atoms with Crippen molar-refractivity contribution in [2.45, 2.75) is 32.7 Å². The van der Waals surface area contributed by atoms with Gasteiger partial charge in [0.1, 0.15) is 0 Å². The highest BCUT2D eigenvalue weighted by molar-refractivity contribution is 9.10. The molecule has 0 aliphatic carbocycles. The van der Waals surface area contributed by atoms with E-state index >= 15 is 0 Å². The van der Waals surface area contributed by atoms with E-state index in [2.05, 4.69) is 27.8 Å². The zero-order valence-corrected chi connectivity index (χ0v) is 12.6. The standard InChI is InChI=1S/C13H15BrN2OS/c1-2-3-4-7-16-12(17)10-8-9(14)5-6-11(10)15-13(16)18/h5-6,8H,2-4,7H2,1H3,(H,15,18). The molecule has 0 amide bonds. The summed E-state index contributed by atoms with van der Waals surface area (Å²) in [4.78, 5) is 15.5. The fourth-order valence-electron chi connectivity index (χ4n) is 1.95. The number of unbranched alkanes of at least 4 members (excludes halogenated alkanes) is 2. The lowest BCUT2D eigenvalue weighted by Gasteiger charge is -2.07. The number of nitrogens with one attached hydrogen (secondary N) is 1. The van der Waals surface area contributed by atoms with Gasteiger partial charge in [0.2, 0.25) is 0 Å². The van der Waals surface area contributed by atoms with Crippen molar-refractivity contribution >= 4 is 39.1 Å². The zero-order valence-electron chi connectivity index (χ0n) is 10.2. The van der Waals surface area contributed by atoms with E-state index in [0.717, 1.165) is 29.3 Å². The molecule has 5 heteroatoms. The second-order valence-corrected chi connectivity index (χ2v) is 5.59. The summed E-state index contributed by atoms with van der Waals surface area (Å²) in [7, 11) is 0. The van der Waals surface area contributed by atoms with E-state index in [1.807, 2.05) is 18.2 Å². The van der Waals surface area contributed by atoms with E-state index in [4.69, 9.17) is 12.2 Å². The van der Waals surface area contributed by atoms with Crippen LogP contribution in [0.3, 0.4) is 0 Å². The Morgan fingerprint density at radius 3 is 2.89 bits per heavy atom. The number of hydrogen-bond donors (Lipinski definition) is 1. The van der Waals surface area contributed by atoms with Gasteiger partial charge >= 0.3 is 0 Å². The summed E-state index contributed by atoms with van der Waals surface area (Å²) in [6.45, 7) is 2.82. The lowest BCUT2D eigenvalue weighted by Crippen LogP contribution is -2.22. The van der Waals surface area contributed by atoms with Gasteiger partial charge in [0, 0.05) is 11.0 Å². The molecule has 0 aliphatic heterocycles. The predicted octanol–water partition coefficient (Wildman–Crippen LogP) is 4.01. The van der Waals surface area contributed by atoms with Crippen molar-refractivity contribution in [3.8, 4) is 0 Å². The summed E-state index contributed by atoms with van der Waals surface area (Å²) in [5.41, 5.74) is 0.783. The molecule has 0 spiro atoms. The van der Waals surface area contributed by atoms with Gasteiger partial charge in [-0.05, 0) is 36.8 Å². The van der Waals surface area contributed by atoms with E-state index in [1.54, 1.807) is 4.57 Å². The molecule has 3 nitrogen and oxygen atoms in total. The van der Waals surface area contributed by atoms with Gasteiger partial charge in [0.15, 0.2) is 4.77 Å².